The molecule has 4 N–H and O–H groups in total. The van der Waals surface area contributed by atoms with Gasteiger partial charge in [0.05, 0.1) is 18.8 Å². The number of unbranched alkanes of at least 4 members (excludes halogenated alkanes) is 38. The van der Waals surface area contributed by atoms with Crippen molar-refractivity contribution in [3.63, 3.8) is 0 Å². The van der Waals surface area contributed by atoms with Crippen LogP contribution in [0.15, 0.2) is 12.2 Å². The highest BCUT2D eigenvalue weighted by Gasteiger charge is 2.24. The van der Waals surface area contributed by atoms with Crippen molar-refractivity contribution in [1.29, 1.82) is 0 Å². The van der Waals surface area contributed by atoms with Gasteiger partial charge in [-0.1, -0.05) is 264 Å². The molecule has 2 atom stereocenters. The van der Waals surface area contributed by atoms with Gasteiger partial charge in [0.15, 0.2) is 0 Å². The molecule has 0 saturated heterocycles. The van der Waals surface area contributed by atoms with E-state index < -0.39 is 26.6 Å². The second-order valence-corrected chi connectivity index (χ2v) is 18.7. The zero-order chi connectivity index (χ0) is 41.8. The average Bonchev–Trinajstić information content (AvgIpc) is 3.18. The SMILES string of the molecule is CCCCCCCCCCCCC/C=C/[C@@H](O)[C@H](COP(=O)(O)O)NC(=O)CCCCCCCCCCCCCCCCCCCCCCCCCCCCCC. The summed E-state index contributed by atoms with van der Waals surface area (Å²) < 4.78 is 16.0. The first-order valence-electron chi connectivity index (χ1n) is 25.1. The first-order valence-corrected chi connectivity index (χ1v) is 26.7. The predicted octanol–water partition coefficient (Wildman–Crippen LogP) is 15.5. The third-order valence-corrected chi connectivity index (χ3v) is 12.2. The van der Waals surface area contributed by atoms with E-state index >= 15 is 0 Å². The molecule has 0 aromatic carbocycles. The van der Waals surface area contributed by atoms with Crippen molar-refractivity contribution < 1.29 is 28.8 Å². The topological polar surface area (TPSA) is 116 Å². The molecule has 57 heavy (non-hydrogen) atoms. The first-order chi connectivity index (χ1) is 27.8. The summed E-state index contributed by atoms with van der Waals surface area (Å²) in [7, 11) is -4.71. The van der Waals surface area contributed by atoms with Crippen molar-refractivity contribution >= 4 is 13.7 Å². The lowest BCUT2D eigenvalue weighted by Crippen LogP contribution is -2.45. The number of phosphoric ester groups is 1. The summed E-state index contributed by atoms with van der Waals surface area (Å²) in [5.41, 5.74) is 0. The van der Waals surface area contributed by atoms with Crippen LogP contribution < -0.4 is 5.32 Å². The number of hydrogen-bond donors (Lipinski definition) is 4. The van der Waals surface area contributed by atoms with Gasteiger partial charge in [0.25, 0.3) is 0 Å². The Hall–Kier alpha value is -0.720. The molecule has 0 aliphatic heterocycles. The zero-order valence-electron chi connectivity index (χ0n) is 38.0. The van der Waals surface area contributed by atoms with E-state index in [2.05, 4.69) is 23.7 Å². The molecular formula is C49H98NO6P. The standard InChI is InChI=1S/C49H98NO6P/c1-3-5-7-9-11-13-15-17-18-19-20-21-22-23-24-25-26-27-28-29-30-31-33-35-37-39-41-43-45-49(52)50-47(46-56-57(53,54)55)48(51)44-42-40-38-36-34-32-16-14-12-10-8-6-4-2/h42,44,47-48,51H,3-41,43,45-46H2,1-2H3,(H,50,52)(H2,53,54,55)/b44-42+/t47-,48+/m0/s1. The van der Waals surface area contributed by atoms with Crippen LogP contribution in [0.5, 0.6) is 0 Å². The lowest BCUT2D eigenvalue weighted by molar-refractivity contribution is -0.123. The summed E-state index contributed by atoms with van der Waals surface area (Å²) in [6.45, 7) is 4.10. The van der Waals surface area contributed by atoms with E-state index in [1.165, 1.54) is 218 Å². The molecule has 1 amide bonds. The third kappa shape index (κ3) is 46.2. The Kier molecular flexibility index (Phi) is 44.3. The Morgan fingerprint density at radius 3 is 1.07 bits per heavy atom. The molecule has 0 spiro atoms. The third-order valence-electron chi connectivity index (χ3n) is 11.7. The highest BCUT2D eigenvalue weighted by atomic mass is 31.2. The normalized spacial score (nSPS) is 13.1. The number of aliphatic hydroxyl groups excluding tert-OH is 1. The van der Waals surface area contributed by atoms with Gasteiger partial charge in [0, 0.05) is 6.42 Å². The van der Waals surface area contributed by atoms with Crippen molar-refractivity contribution in [2.45, 2.75) is 289 Å². The number of carbonyl (C=O) groups is 1. The van der Waals surface area contributed by atoms with Crippen molar-refractivity contribution in [2.75, 3.05) is 6.61 Å². The van der Waals surface area contributed by atoms with Gasteiger partial charge in [-0.15, -0.1) is 0 Å². The summed E-state index contributed by atoms with van der Waals surface area (Å²) in [5, 5.41) is 13.4. The molecule has 7 nitrogen and oxygen atoms in total. The van der Waals surface area contributed by atoms with E-state index in [9.17, 15) is 24.3 Å². The van der Waals surface area contributed by atoms with Gasteiger partial charge in [-0.2, -0.15) is 0 Å². The van der Waals surface area contributed by atoms with Gasteiger partial charge >= 0.3 is 7.82 Å². The molecule has 0 heterocycles. The second-order valence-electron chi connectivity index (χ2n) is 17.5. The van der Waals surface area contributed by atoms with Crippen LogP contribution >= 0.6 is 7.82 Å². The molecule has 0 aliphatic rings. The number of allylic oxidation sites excluding steroid dienone is 1. The summed E-state index contributed by atoms with van der Waals surface area (Å²) in [6.07, 6.45) is 55.5. The number of hydrogen-bond acceptors (Lipinski definition) is 4. The molecule has 8 heteroatoms. The summed E-state index contributed by atoms with van der Waals surface area (Å²) in [5.74, 6) is -0.220. The Bertz CT molecular complexity index is 895. The van der Waals surface area contributed by atoms with Crippen LogP contribution in [0, 0.1) is 0 Å². The number of aliphatic hydroxyl groups is 1. The summed E-state index contributed by atoms with van der Waals surface area (Å²) >= 11 is 0. The predicted molar refractivity (Wildman–Crippen MR) is 246 cm³/mol. The van der Waals surface area contributed by atoms with Crippen LogP contribution in [-0.2, 0) is 13.9 Å². The van der Waals surface area contributed by atoms with Crippen LogP contribution in [0.1, 0.15) is 277 Å². The lowest BCUT2D eigenvalue weighted by Gasteiger charge is -2.22. The second kappa shape index (κ2) is 44.8. The minimum absolute atomic E-state index is 0.220. The van der Waals surface area contributed by atoms with Gasteiger partial charge in [0.1, 0.15) is 0 Å². The molecule has 0 radical (unpaired) electrons. The molecule has 0 saturated carbocycles. The van der Waals surface area contributed by atoms with E-state index in [4.69, 9.17) is 0 Å². The molecule has 0 unspecified atom stereocenters. The zero-order valence-corrected chi connectivity index (χ0v) is 38.9. The maximum atomic E-state index is 12.6. The lowest BCUT2D eigenvalue weighted by atomic mass is 10.0. The van der Waals surface area contributed by atoms with Gasteiger partial charge in [-0.25, -0.2) is 4.57 Å². The van der Waals surface area contributed by atoms with E-state index in [1.807, 2.05) is 6.08 Å². The first kappa shape index (κ1) is 56.3. The van der Waals surface area contributed by atoms with Crippen LogP contribution in [0.25, 0.3) is 0 Å². The van der Waals surface area contributed by atoms with E-state index in [1.54, 1.807) is 6.08 Å². The molecule has 340 valence electrons. The molecule has 0 bridgehead atoms. The quantitative estimate of drug-likeness (QED) is 0.0276. The minimum Gasteiger partial charge on any atom is -0.387 e. The van der Waals surface area contributed by atoms with Gasteiger partial charge < -0.3 is 20.2 Å². The van der Waals surface area contributed by atoms with Crippen LogP contribution in [0.3, 0.4) is 0 Å². The van der Waals surface area contributed by atoms with Crippen LogP contribution in [-0.4, -0.2) is 39.6 Å². The van der Waals surface area contributed by atoms with Crippen LogP contribution in [0.2, 0.25) is 0 Å². The Balaban J connectivity index is 3.72. The fraction of sp³-hybridized carbons (Fsp3) is 0.939. The number of phosphoric acid groups is 1. The van der Waals surface area contributed by atoms with E-state index in [0.29, 0.717) is 6.42 Å². The molecule has 0 fully saturated rings. The number of amides is 1. The molecule has 0 aromatic rings. The maximum Gasteiger partial charge on any atom is 0.469 e. The molecule has 0 rings (SSSR count). The van der Waals surface area contributed by atoms with Crippen LogP contribution in [0.4, 0.5) is 0 Å². The fourth-order valence-corrected chi connectivity index (χ4v) is 8.29. The van der Waals surface area contributed by atoms with Crippen molar-refractivity contribution in [3.05, 3.63) is 12.2 Å². The van der Waals surface area contributed by atoms with E-state index in [-0.39, 0.29) is 5.91 Å². The van der Waals surface area contributed by atoms with Crippen molar-refractivity contribution in [3.8, 4) is 0 Å². The highest BCUT2D eigenvalue weighted by molar-refractivity contribution is 7.46. The number of carbonyl (C=O) groups excluding carboxylic acids is 1. The van der Waals surface area contributed by atoms with Crippen molar-refractivity contribution in [1.82, 2.24) is 5.32 Å². The highest BCUT2D eigenvalue weighted by Crippen LogP contribution is 2.36. The maximum absolute atomic E-state index is 12.6. The molecule has 0 aliphatic carbocycles. The Labute approximate surface area is 354 Å². The van der Waals surface area contributed by atoms with Gasteiger partial charge in [-0.05, 0) is 19.3 Å². The van der Waals surface area contributed by atoms with Gasteiger partial charge in [0.2, 0.25) is 5.91 Å². The Morgan fingerprint density at radius 2 is 0.772 bits per heavy atom. The average molecular weight is 828 g/mol. The largest absolute Gasteiger partial charge is 0.469 e. The van der Waals surface area contributed by atoms with E-state index in [0.717, 1.165) is 38.5 Å². The minimum atomic E-state index is -4.71. The monoisotopic (exact) mass is 828 g/mol. The number of nitrogens with one attached hydrogen (secondary N) is 1. The Morgan fingerprint density at radius 1 is 0.491 bits per heavy atom. The number of rotatable bonds is 47. The summed E-state index contributed by atoms with van der Waals surface area (Å²) in [4.78, 5) is 31.0. The molecular weight excluding hydrogens is 730 g/mol. The summed E-state index contributed by atoms with van der Waals surface area (Å²) in [6, 6.07) is -0.905. The smallest absolute Gasteiger partial charge is 0.387 e. The van der Waals surface area contributed by atoms with Gasteiger partial charge in [-0.3, -0.25) is 9.32 Å². The fourth-order valence-electron chi connectivity index (χ4n) is 7.93. The van der Waals surface area contributed by atoms with Crippen molar-refractivity contribution in [2.24, 2.45) is 0 Å². The molecule has 0 aromatic heterocycles.